The van der Waals surface area contributed by atoms with Gasteiger partial charge in [0.05, 0.1) is 13.2 Å². The van der Waals surface area contributed by atoms with Gasteiger partial charge < -0.3 is 10.1 Å². The molecule has 0 bridgehead atoms. The predicted octanol–water partition coefficient (Wildman–Crippen LogP) is 2.31. The first-order valence-electron chi connectivity index (χ1n) is 6.44. The van der Waals surface area contributed by atoms with Gasteiger partial charge in [-0.15, -0.1) is 0 Å². The van der Waals surface area contributed by atoms with Crippen LogP contribution in [-0.4, -0.2) is 13.0 Å². The first kappa shape index (κ1) is 13.4. The molecule has 0 atom stereocenters. The molecule has 1 aromatic rings. The van der Waals surface area contributed by atoms with E-state index in [1.54, 1.807) is 7.11 Å². The van der Waals surface area contributed by atoms with Crippen molar-refractivity contribution in [2.24, 2.45) is 5.41 Å². The number of nitriles is 1. The summed E-state index contributed by atoms with van der Waals surface area (Å²) in [5.74, 6) is 0.692. The van der Waals surface area contributed by atoms with Gasteiger partial charge in [-0.05, 0) is 43.4 Å². The lowest BCUT2D eigenvalue weighted by Crippen LogP contribution is -2.44. The zero-order chi connectivity index (χ0) is 13.9. The second kappa shape index (κ2) is 5.31. The van der Waals surface area contributed by atoms with Gasteiger partial charge in [-0.25, -0.2) is 0 Å². The van der Waals surface area contributed by atoms with Crippen molar-refractivity contribution >= 4 is 5.91 Å². The maximum absolute atomic E-state index is 12.0. The maximum Gasteiger partial charge on any atom is 0.240 e. The van der Waals surface area contributed by atoms with E-state index >= 15 is 0 Å². The SMILES string of the molecule is COc1ccc(CNC(=O)C2(C#N)CCC2)cc1C. The van der Waals surface area contributed by atoms with Crippen LogP contribution in [0.2, 0.25) is 0 Å². The molecule has 1 saturated carbocycles. The molecule has 1 aliphatic carbocycles. The number of aryl methyl sites for hydroxylation is 1. The smallest absolute Gasteiger partial charge is 0.240 e. The van der Waals surface area contributed by atoms with Gasteiger partial charge in [0.25, 0.3) is 0 Å². The van der Waals surface area contributed by atoms with Crippen molar-refractivity contribution in [3.05, 3.63) is 29.3 Å². The molecule has 1 aromatic carbocycles. The van der Waals surface area contributed by atoms with Gasteiger partial charge in [0.1, 0.15) is 11.2 Å². The van der Waals surface area contributed by atoms with E-state index in [4.69, 9.17) is 10.00 Å². The number of nitrogens with zero attached hydrogens (tertiary/aromatic N) is 1. The number of carbonyl (C=O) groups excluding carboxylic acids is 1. The second-order valence-electron chi connectivity index (χ2n) is 5.03. The van der Waals surface area contributed by atoms with E-state index in [0.29, 0.717) is 19.4 Å². The third-order valence-electron chi connectivity index (χ3n) is 3.77. The molecule has 0 unspecified atom stereocenters. The molecule has 0 radical (unpaired) electrons. The number of carbonyl (C=O) groups is 1. The molecule has 1 N–H and O–H groups in total. The number of rotatable bonds is 4. The number of amides is 1. The van der Waals surface area contributed by atoms with E-state index in [1.165, 1.54) is 0 Å². The highest BCUT2D eigenvalue weighted by Crippen LogP contribution is 2.40. The van der Waals surface area contributed by atoms with E-state index in [-0.39, 0.29) is 5.91 Å². The zero-order valence-electron chi connectivity index (χ0n) is 11.3. The number of benzene rings is 1. The maximum atomic E-state index is 12.0. The van der Waals surface area contributed by atoms with Crippen LogP contribution < -0.4 is 10.1 Å². The topological polar surface area (TPSA) is 62.1 Å². The highest BCUT2D eigenvalue weighted by molar-refractivity contribution is 5.86. The van der Waals surface area contributed by atoms with Crippen molar-refractivity contribution in [2.45, 2.75) is 32.7 Å². The fourth-order valence-corrected chi connectivity index (χ4v) is 2.32. The Morgan fingerprint density at radius 2 is 2.26 bits per heavy atom. The lowest BCUT2D eigenvalue weighted by atomic mass is 9.69. The fraction of sp³-hybridized carbons (Fsp3) is 0.467. The average molecular weight is 258 g/mol. The molecule has 2 rings (SSSR count). The van der Waals surface area contributed by atoms with Crippen LogP contribution in [0.15, 0.2) is 18.2 Å². The van der Waals surface area contributed by atoms with Gasteiger partial charge in [-0.3, -0.25) is 4.79 Å². The predicted molar refractivity (Wildman–Crippen MR) is 71.5 cm³/mol. The summed E-state index contributed by atoms with van der Waals surface area (Å²) in [6.45, 7) is 2.42. The second-order valence-corrected chi connectivity index (χ2v) is 5.03. The number of methoxy groups -OCH3 is 1. The van der Waals surface area contributed by atoms with Gasteiger partial charge in [-0.2, -0.15) is 5.26 Å². The van der Waals surface area contributed by atoms with Crippen LogP contribution in [0.1, 0.15) is 30.4 Å². The van der Waals surface area contributed by atoms with Crippen LogP contribution in [-0.2, 0) is 11.3 Å². The minimum Gasteiger partial charge on any atom is -0.496 e. The van der Waals surface area contributed by atoms with Crippen LogP contribution in [0.5, 0.6) is 5.75 Å². The van der Waals surface area contributed by atoms with Crippen molar-refractivity contribution in [2.75, 3.05) is 7.11 Å². The first-order chi connectivity index (χ1) is 9.11. The minimum atomic E-state index is -0.776. The number of hydrogen-bond acceptors (Lipinski definition) is 3. The molecular formula is C15H18N2O2. The molecule has 0 aliphatic heterocycles. The van der Waals surface area contributed by atoms with Crippen LogP contribution in [0.25, 0.3) is 0 Å². The molecule has 1 aliphatic rings. The van der Waals surface area contributed by atoms with Crippen molar-refractivity contribution in [1.29, 1.82) is 5.26 Å². The Kier molecular flexibility index (Phi) is 3.75. The van der Waals surface area contributed by atoms with Gasteiger partial charge in [-0.1, -0.05) is 12.1 Å². The Bertz CT molecular complexity index is 527. The monoisotopic (exact) mass is 258 g/mol. The highest BCUT2D eigenvalue weighted by atomic mass is 16.5. The third-order valence-corrected chi connectivity index (χ3v) is 3.77. The summed E-state index contributed by atoms with van der Waals surface area (Å²) >= 11 is 0. The summed E-state index contributed by atoms with van der Waals surface area (Å²) in [5.41, 5.74) is 1.27. The lowest BCUT2D eigenvalue weighted by molar-refractivity contribution is -0.131. The normalized spacial score (nSPS) is 16.1. The summed E-state index contributed by atoms with van der Waals surface area (Å²) in [6.07, 6.45) is 2.32. The van der Waals surface area contributed by atoms with Gasteiger partial charge >= 0.3 is 0 Å². The lowest BCUT2D eigenvalue weighted by Gasteiger charge is -2.33. The minimum absolute atomic E-state index is 0.144. The summed E-state index contributed by atoms with van der Waals surface area (Å²) in [4.78, 5) is 12.0. The Labute approximate surface area is 113 Å². The van der Waals surface area contributed by atoms with Crippen molar-refractivity contribution in [3.8, 4) is 11.8 Å². The van der Waals surface area contributed by atoms with Crippen LogP contribution >= 0.6 is 0 Å². The summed E-state index contributed by atoms with van der Waals surface area (Å²) in [5, 5.41) is 11.9. The van der Waals surface area contributed by atoms with E-state index in [9.17, 15) is 4.79 Å². The molecule has 0 saturated heterocycles. The molecule has 4 nitrogen and oxygen atoms in total. The standard InChI is InChI=1S/C15H18N2O2/c1-11-8-12(4-5-13(11)19-2)9-17-14(18)15(10-16)6-3-7-15/h4-5,8H,3,6-7,9H2,1-2H3,(H,17,18). The first-order valence-corrected chi connectivity index (χ1v) is 6.44. The molecule has 0 heterocycles. The summed E-state index contributed by atoms with van der Waals surface area (Å²) in [7, 11) is 1.64. The summed E-state index contributed by atoms with van der Waals surface area (Å²) < 4.78 is 5.19. The van der Waals surface area contributed by atoms with E-state index in [1.807, 2.05) is 25.1 Å². The van der Waals surface area contributed by atoms with Gasteiger partial charge in [0, 0.05) is 6.54 Å². The van der Waals surface area contributed by atoms with Gasteiger partial charge in [0.2, 0.25) is 5.91 Å². The molecule has 4 heteroatoms. The van der Waals surface area contributed by atoms with Crippen molar-refractivity contribution < 1.29 is 9.53 Å². The third kappa shape index (κ3) is 2.55. The molecule has 19 heavy (non-hydrogen) atoms. The van der Waals surface area contributed by atoms with Crippen molar-refractivity contribution in [3.63, 3.8) is 0 Å². The fourth-order valence-electron chi connectivity index (χ4n) is 2.32. The quantitative estimate of drug-likeness (QED) is 0.901. The molecule has 1 amide bonds. The number of ether oxygens (including phenoxy) is 1. The Balaban J connectivity index is 1.98. The Hall–Kier alpha value is -2.02. The van der Waals surface area contributed by atoms with Crippen molar-refractivity contribution in [1.82, 2.24) is 5.32 Å². The van der Waals surface area contributed by atoms with E-state index in [2.05, 4.69) is 11.4 Å². The largest absolute Gasteiger partial charge is 0.496 e. The highest BCUT2D eigenvalue weighted by Gasteiger charge is 2.44. The average Bonchev–Trinajstić information content (AvgIpc) is 2.36. The van der Waals surface area contributed by atoms with E-state index < -0.39 is 5.41 Å². The van der Waals surface area contributed by atoms with Crippen LogP contribution in [0.3, 0.4) is 0 Å². The number of hydrogen-bond donors (Lipinski definition) is 1. The van der Waals surface area contributed by atoms with E-state index in [0.717, 1.165) is 23.3 Å². The van der Waals surface area contributed by atoms with Crippen LogP contribution in [0.4, 0.5) is 0 Å². The molecule has 0 spiro atoms. The van der Waals surface area contributed by atoms with Crippen LogP contribution in [0, 0.1) is 23.7 Å². The number of nitrogens with one attached hydrogen (secondary N) is 1. The molecule has 1 fully saturated rings. The summed E-state index contributed by atoms with van der Waals surface area (Å²) in [6, 6.07) is 7.95. The Morgan fingerprint density at radius 1 is 1.53 bits per heavy atom. The van der Waals surface area contributed by atoms with Gasteiger partial charge in [0.15, 0.2) is 0 Å². The Morgan fingerprint density at radius 3 is 2.74 bits per heavy atom. The molecule has 0 aromatic heterocycles. The zero-order valence-corrected chi connectivity index (χ0v) is 11.3. The molecule has 100 valence electrons. The molecular weight excluding hydrogens is 240 g/mol.